The molecule has 1 aromatic heterocycles. The molecule has 0 bridgehead atoms. The van der Waals surface area contributed by atoms with Gasteiger partial charge in [-0.3, -0.25) is 14.2 Å². The number of hydrogen-bond donors (Lipinski definition) is 1. The first-order valence-electron chi connectivity index (χ1n) is 8.77. The van der Waals surface area contributed by atoms with Crippen molar-refractivity contribution >= 4 is 34.3 Å². The molecule has 1 heterocycles. The van der Waals surface area contributed by atoms with Gasteiger partial charge < -0.3 is 5.32 Å². The lowest BCUT2D eigenvalue weighted by Crippen LogP contribution is -2.26. The number of carbonyl (C=O) groups is 1. The Morgan fingerprint density at radius 1 is 1.26 bits per heavy atom. The van der Waals surface area contributed by atoms with Crippen LogP contribution < -0.4 is 10.9 Å². The number of hydrogen-bond acceptors (Lipinski definition) is 4. The van der Waals surface area contributed by atoms with Crippen molar-refractivity contribution in [3.05, 3.63) is 64.7 Å². The van der Waals surface area contributed by atoms with Gasteiger partial charge in [-0.05, 0) is 50.1 Å². The van der Waals surface area contributed by atoms with Gasteiger partial charge >= 0.3 is 0 Å². The summed E-state index contributed by atoms with van der Waals surface area (Å²) < 4.78 is 15.0. The molecule has 0 unspecified atom stereocenters. The molecule has 1 atom stereocenters. The van der Waals surface area contributed by atoms with Gasteiger partial charge in [0.15, 0.2) is 5.16 Å². The number of benzene rings is 2. The SMILES string of the molecule is C[C@H](Sc1nc2ccccc2c(=O)n1C1CC1)C(=O)Nc1cccc(F)c1. The van der Waals surface area contributed by atoms with Crippen LogP contribution >= 0.6 is 11.8 Å². The van der Waals surface area contributed by atoms with E-state index in [2.05, 4.69) is 10.3 Å². The smallest absolute Gasteiger partial charge is 0.262 e. The Morgan fingerprint density at radius 2 is 2.04 bits per heavy atom. The molecule has 2 aromatic carbocycles. The lowest BCUT2D eigenvalue weighted by atomic mass is 10.2. The van der Waals surface area contributed by atoms with E-state index in [0.717, 1.165) is 12.8 Å². The highest BCUT2D eigenvalue weighted by atomic mass is 32.2. The number of halogens is 1. The zero-order valence-corrected chi connectivity index (χ0v) is 15.5. The summed E-state index contributed by atoms with van der Waals surface area (Å²) in [6.07, 6.45) is 1.88. The number of amides is 1. The number of aromatic nitrogens is 2. The number of anilines is 1. The summed E-state index contributed by atoms with van der Waals surface area (Å²) in [5.74, 6) is -0.678. The van der Waals surface area contributed by atoms with Crippen molar-refractivity contribution in [3.63, 3.8) is 0 Å². The third-order valence-corrected chi connectivity index (χ3v) is 5.50. The van der Waals surface area contributed by atoms with Gasteiger partial charge in [0, 0.05) is 11.7 Å². The fraction of sp³-hybridized carbons (Fsp3) is 0.250. The summed E-state index contributed by atoms with van der Waals surface area (Å²) >= 11 is 1.25. The van der Waals surface area contributed by atoms with Gasteiger partial charge in [-0.1, -0.05) is 30.0 Å². The maximum atomic E-state index is 13.3. The molecule has 1 fully saturated rings. The molecule has 27 heavy (non-hydrogen) atoms. The van der Waals surface area contributed by atoms with E-state index >= 15 is 0 Å². The molecule has 1 saturated carbocycles. The molecule has 138 valence electrons. The maximum absolute atomic E-state index is 13.3. The van der Waals surface area contributed by atoms with Gasteiger partial charge in [-0.25, -0.2) is 9.37 Å². The fourth-order valence-corrected chi connectivity index (χ4v) is 3.86. The van der Waals surface area contributed by atoms with Crippen LogP contribution in [0, 0.1) is 5.82 Å². The molecule has 0 saturated heterocycles. The number of nitrogens with zero attached hydrogens (tertiary/aromatic N) is 2. The van der Waals surface area contributed by atoms with E-state index in [4.69, 9.17) is 0 Å². The van der Waals surface area contributed by atoms with E-state index in [1.165, 1.54) is 23.9 Å². The van der Waals surface area contributed by atoms with Crippen molar-refractivity contribution in [2.45, 2.75) is 36.2 Å². The Labute approximate surface area is 159 Å². The average molecular weight is 383 g/mol. The van der Waals surface area contributed by atoms with Gasteiger partial charge in [-0.2, -0.15) is 0 Å². The summed E-state index contributed by atoms with van der Waals surface area (Å²) in [6.45, 7) is 1.75. The summed E-state index contributed by atoms with van der Waals surface area (Å²) in [5.41, 5.74) is 0.960. The molecule has 7 heteroatoms. The van der Waals surface area contributed by atoms with Crippen LogP contribution in [-0.4, -0.2) is 20.7 Å². The van der Waals surface area contributed by atoms with Crippen molar-refractivity contribution in [1.29, 1.82) is 0 Å². The van der Waals surface area contributed by atoms with Crippen LogP contribution in [0.25, 0.3) is 10.9 Å². The predicted octanol–water partition coefficient (Wildman–Crippen LogP) is 3.99. The van der Waals surface area contributed by atoms with E-state index in [-0.39, 0.29) is 17.5 Å². The molecular weight excluding hydrogens is 365 g/mol. The van der Waals surface area contributed by atoms with Crippen molar-refractivity contribution in [2.24, 2.45) is 0 Å². The Kier molecular flexibility index (Phi) is 4.70. The van der Waals surface area contributed by atoms with Crippen LogP contribution in [0.4, 0.5) is 10.1 Å². The fourth-order valence-electron chi connectivity index (χ4n) is 2.89. The molecule has 1 aliphatic carbocycles. The first kappa shape index (κ1) is 17.7. The lowest BCUT2D eigenvalue weighted by Gasteiger charge is -2.16. The molecule has 3 aromatic rings. The van der Waals surface area contributed by atoms with Crippen LogP contribution in [0.1, 0.15) is 25.8 Å². The van der Waals surface area contributed by atoms with Gasteiger partial charge in [0.05, 0.1) is 16.2 Å². The number of para-hydroxylation sites is 1. The topological polar surface area (TPSA) is 64.0 Å². The number of rotatable bonds is 5. The number of carbonyl (C=O) groups excluding carboxylic acids is 1. The van der Waals surface area contributed by atoms with Crippen LogP contribution in [0.3, 0.4) is 0 Å². The monoisotopic (exact) mass is 383 g/mol. The summed E-state index contributed by atoms with van der Waals surface area (Å²) in [7, 11) is 0. The Balaban J connectivity index is 1.61. The first-order chi connectivity index (χ1) is 13.0. The van der Waals surface area contributed by atoms with Crippen LogP contribution in [0.5, 0.6) is 0 Å². The van der Waals surface area contributed by atoms with Crippen molar-refractivity contribution in [2.75, 3.05) is 5.32 Å². The Morgan fingerprint density at radius 3 is 2.78 bits per heavy atom. The highest BCUT2D eigenvalue weighted by Gasteiger charge is 2.30. The Bertz CT molecular complexity index is 1080. The Hall–Kier alpha value is -2.67. The van der Waals surface area contributed by atoms with Crippen molar-refractivity contribution < 1.29 is 9.18 Å². The third-order valence-electron chi connectivity index (χ3n) is 4.43. The lowest BCUT2D eigenvalue weighted by molar-refractivity contribution is -0.115. The largest absolute Gasteiger partial charge is 0.325 e. The molecule has 1 N–H and O–H groups in total. The van der Waals surface area contributed by atoms with E-state index in [1.807, 2.05) is 12.1 Å². The van der Waals surface area contributed by atoms with Crippen molar-refractivity contribution in [1.82, 2.24) is 9.55 Å². The summed E-state index contributed by atoms with van der Waals surface area (Å²) in [4.78, 5) is 30.0. The zero-order valence-electron chi connectivity index (χ0n) is 14.7. The minimum absolute atomic E-state index is 0.0664. The maximum Gasteiger partial charge on any atom is 0.262 e. The quantitative estimate of drug-likeness (QED) is 0.534. The number of fused-ring (bicyclic) bond motifs is 1. The molecule has 0 radical (unpaired) electrons. The first-order valence-corrected chi connectivity index (χ1v) is 9.65. The summed E-state index contributed by atoms with van der Waals surface area (Å²) in [5, 5.41) is 3.34. The normalized spacial score (nSPS) is 14.9. The van der Waals surface area contributed by atoms with Crippen LogP contribution in [0.2, 0.25) is 0 Å². The average Bonchev–Trinajstić information content (AvgIpc) is 3.47. The molecule has 1 amide bonds. The van der Waals surface area contributed by atoms with Gasteiger partial charge in [0.1, 0.15) is 5.82 Å². The van der Waals surface area contributed by atoms with E-state index in [0.29, 0.717) is 21.7 Å². The zero-order chi connectivity index (χ0) is 19.0. The third kappa shape index (κ3) is 3.73. The standard InChI is InChI=1S/C20H18FN3O2S/c1-12(18(25)22-14-6-4-5-13(21)11-14)27-20-23-17-8-3-2-7-16(17)19(26)24(20)15-9-10-15/h2-8,11-12,15H,9-10H2,1H3,(H,22,25)/t12-/m0/s1. The number of nitrogens with one attached hydrogen (secondary N) is 1. The molecule has 0 spiro atoms. The molecular formula is C20H18FN3O2S. The van der Waals surface area contributed by atoms with Crippen LogP contribution in [-0.2, 0) is 4.79 Å². The molecule has 5 nitrogen and oxygen atoms in total. The second-order valence-electron chi connectivity index (χ2n) is 6.58. The second-order valence-corrected chi connectivity index (χ2v) is 7.89. The second kappa shape index (κ2) is 7.15. The van der Waals surface area contributed by atoms with Crippen LogP contribution in [0.15, 0.2) is 58.5 Å². The molecule has 0 aliphatic heterocycles. The van der Waals surface area contributed by atoms with Gasteiger partial charge in [-0.15, -0.1) is 0 Å². The minimum atomic E-state index is -0.494. The van der Waals surface area contributed by atoms with Crippen molar-refractivity contribution in [3.8, 4) is 0 Å². The van der Waals surface area contributed by atoms with Gasteiger partial charge in [0.25, 0.3) is 5.56 Å². The van der Waals surface area contributed by atoms with E-state index in [1.54, 1.807) is 35.8 Å². The number of thioether (sulfide) groups is 1. The molecule has 1 aliphatic rings. The van der Waals surface area contributed by atoms with E-state index in [9.17, 15) is 14.0 Å². The van der Waals surface area contributed by atoms with Gasteiger partial charge in [0.2, 0.25) is 5.91 Å². The molecule has 4 rings (SSSR count). The summed E-state index contributed by atoms with van der Waals surface area (Å²) in [6, 6.07) is 13.1. The highest BCUT2D eigenvalue weighted by Crippen LogP contribution is 2.37. The predicted molar refractivity (Wildman–Crippen MR) is 105 cm³/mol. The highest BCUT2D eigenvalue weighted by molar-refractivity contribution is 8.00. The van der Waals surface area contributed by atoms with E-state index < -0.39 is 11.1 Å². The minimum Gasteiger partial charge on any atom is -0.325 e.